The minimum atomic E-state index is -0.151. The molecule has 0 heterocycles. The van der Waals surface area contributed by atoms with Gasteiger partial charge in [-0.3, -0.25) is 9.59 Å². The molecule has 0 fully saturated rings. The Bertz CT molecular complexity index is 204. The summed E-state index contributed by atoms with van der Waals surface area (Å²) in [7, 11) is 1.41. The largest absolute Gasteiger partial charge is 0.469 e. The number of carbonyl (C=O) groups is 2. The van der Waals surface area contributed by atoms with Gasteiger partial charge in [0.1, 0.15) is 0 Å². The molecule has 3 nitrogen and oxygen atoms in total. The van der Waals surface area contributed by atoms with Crippen molar-refractivity contribution in [2.24, 2.45) is 0 Å². The molecule has 0 aromatic heterocycles. The smallest absolute Gasteiger partial charge is 0.305 e. The van der Waals surface area contributed by atoms with Gasteiger partial charge in [-0.2, -0.15) is 0 Å². The van der Waals surface area contributed by atoms with Gasteiger partial charge in [-0.15, -0.1) is 0 Å². The topological polar surface area (TPSA) is 43.4 Å². The summed E-state index contributed by atoms with van der Waals surface area (Å²) in [4.78, 5) is 21.7. The van der Waals surface area contributed by atoms with Gasteiger partial charge in [0.15, 0.2) is 5.12 Å². The Kier molecular flexibility index (Phi) is 8.47. The van der Waals surface area contributed by atoms with E-state index in [0.717, 1.165) is 25.7 Å². The lowest BCUT2D eigenvalue weighted by atomic mass is 10.1. The number of hydrogen-bond donors (Lipinski definition) is 0. The first-order valence-corrected chi connectivity index (χ1v) is 6.22. The molecule has 4 heteroatoms. The van der Waals surface area contributed by atoms with E-state index in [4.69, 9.17) is 0 Å². The second kappa shape index (κ2) is 8.77. The minimum absolute atomic E-state index is 0.151. The number of rotatable bonds is 7. The molecule has 1 atom stereocenters. The average Bonchev–Trinajstić information content (AvgIpc) is 2.21. The van der Waals surface area contributed by atoms with Crippen molar-refractivity contribution in [3.05, 3.63) is 0 Å². The van der Waals surface area contributed by atoms with Crippen molar-refractivity contribution >= 4 is 22.8 Å². The van der Waals surface area contributed by atoms with Gasteiger partial charge in [0, 0.05) is 18.6 Å². The third kappa shape index (κ3) is 8.48. The molecule has 0 saturated carbocycles. The van der Waals surface area contributed by atoms with E-state index in [1.807, 2.05) is 0 Å². The summed E-state index contributed by atoms with van der Waals surface area (Å²) >= 11 is 1.41. The van der Waals surface area contributed by atoms with Crippen LogP contribution in [0.5, 0.6) is 0 Å². The molecule has 0 rings (SSSR count). The van der Waals surface area contributed by atoms with Gasteiger partial charge in [-0.05, 0) is 19.3 Å². The van der Waals surface area contributed by atoms with E-state index in [0.29, 0.717) is 11.7 Å². The normalized spacial score (nSPS) is 12.2. The number of esters is 1. The Morgan fingerprint density at radius 3 is 2.47 bits per heavy atom. The Hall–Kier alpha value is -0.510. The average molecular weight is 232 g/mol. The van der Waals surface area contributed by atoms with Crippen molar-refractivity contribution < 1.29 is 14.3 Å². The van der Waals surface area contributed by atoms with Crippen LogP contribution in [-0.4, -0.2) is 23.4 Å². The highest BCUT2D eigenvalue weighted by atomic mass is 32.2. The summed E-state index contributed by atoms with van der Waals surface area (Å²) in [5, 5.41) is 0.579. The second-order valence-electron chi connectivity index (χ2n) is 3.46. The zero-order chi connectivity index (χ0) is 11.7. The zero-order valence-corrected chi connectivity index (χ0v) is 10.6. The maximum Gasteiger partial charge on any atom is 0.305 e. The van der Waals surface area contributed by atoms with Gasteiger partial charge >= 0.3 is 5.97 Å². The van der Waals surface area contributed by atoms with E-state index in [9.17, 15) is 9.59 Å². The van der Waals surface area contributed by atoms with Crippen molar-refractivity contribution in [3.8, 4) is 0 Å². The van der Waals surface area contributed by atoms with Crippen LogP contribution in [0.3, 0.4) is 0 Å². The highest BCUT2D eigenvalue weighted by Gasteiger charge is 2.09. The number of methoxy groups -OCH3 is 1. The van der Waals surface area contributed by atoms with Gasteiger partial charge in [0.05, 0.1) is 7.11 Å². The number of ether oxygens (including phenoxy) is 1. The van der Waals surface area contributed by atoms with Gasteiger partial charge in [-0.1, -0.05) is 25.1 Å². The molecule has 0 aliphatic heterocycles. The van der Waals surface area contributed by atoms with Crippen LogP contribution in [0, 0.1) is 0 Å². The van der Waals surface area contributed by atoms with Crippen molar-refractivity contribution in [2.45, 2.75) is 51.2 Å². The fraction of sp³-hybridized carbons (Fsp3) is 0.818. The molecule has 0 amide bonds. The maximum absolute atomic E-state index is 10.9. The van der Waals surface area contributed by atoms with Crippen LogP contribution in [0.2, 0.25) is 0 Å². The molecule has 0 aromatic carbocycles. The fourth-order valence-corrected chi connectivity index (χ4v) is 2.25. The van der Waals surface area contributed by atoms with Crippen LogP contribution >= 0.6 is 11.8 Å². The number of carbonyl (C=O) groups excluding carboxylic acids is 2. The Labute approximate surface area is 95.9 Å². The third-order valence-electron chi connectivity index (χ3n) is 2.17. The number of hydrogen-bond acceptors (Lipinski definition) is 4. The molecular formula is C11H20O3S. The molecule has 88 valence electrons. The summed E-state index contributed by atoms with van der Waals surface area (Å²) in [5.41, 5.74) is 0. The van der Waals surface area contributed by atoms with Crippen LogP contribution in [0.15, 0.2) is 0 Å². The molecule has 0 radical (unpaired) electrons. The van der Waals surface area contributed by atoms with Crippen molar-refractivity contribution in [1.82, 2.24) is 0 Å². The maximum atomic E-state index is 10.9. The molecule has 0 saturated heterocycles. The highest BCUT2D eigenvalue weighted by Crippen LogP contribution is 2.21. The molecule has 0 N–H and O–H groups in total. The van der Waals surface area contributed by atoms with Crippen LogP contribution in [0.1, 0.15) is 46.0 Å². The zero-order valence-electron chi connectivity index (χ0n) is 9.75. The van der Waals surface area contributed by atoms with Crippen LogP contribution in [0.4, 0.5) is 0 Å². The summed E-state index contributed by atoms with van der Waals surface area (Å²) in [6, 6.07) is 0. The third-order valence-corrected chi connectivity index (χ3v) is 3.41. The molecule has 1 unspecified atom stereocenters. The Balaban J connectivity index is 3.54. The second-order valence-corrected chi connectivity index (χ2v) is 4.94. The SMILES string of the molecule is CCC(CCCCC(=O)OC)SC(C)=O. The molecule has 0 spiro atoms. The summed E-state index contributed by atoms with van der Waals surface area (Å²) < 4.78 is 4.55. The minimum Gasteiger partial charge on any atom is -0.469 e. The lowest BCUT2D eigenvalue weighted by molar-refractivity contribution is -0.140. The lowest BCUT2D eigenvalue weighted by Gasteiger charge is -2.11. The quantitative estimate of drug-likeness (QED) is 0.500. The van der Waals surface area contributed by atoms with E-state index in [1.54, 1.807) is 6.92 Å². The van der Waals surface area contributed by atoms with Crippen molar-refractivity contribution in [2.75, 3.05) is 7.11 Å². The van der Waals surface area contributed by atoms with Crippen molar-refractivity contribution in [3.63, 3.8) is 0 Å². The van der Waals surface area contributed by atoms with E-state index < -0.39 is 0 Å². The van der Waals surface area contributed by atoms with Gasteiger partial charge in [0.25, 0.3) is 0 Å². The molecular weight excluding hydrogens is 212 g/mol. The molecule has 0 aliphatic rings. The predicted molar refractivity (Wildman–Crippen MR) is 62.8 cm³/mol. The molecule has 0 aromatic rings. The predicted octanol–water partition coefficient (Wildman–Crippen LogP) is 2.78. The Morgan fingerprint density at radius 2 is 2.00 bits per heavy atom. The monoisotopic (exact) mass is 232 g/mol. The first kappa shape index (κ1) is 14.5. The number of thioether (sulfide) groups is 1. The fourth-order valence-electron chi connectivity index (χ4n) is 1.32. The van der Waals surface area contributed by atoms with Crippen LogP contribution in [0.25, 0.3) is 0 Å². The van der Waals surface area contributed by atoms with Crippen LogP contribution < -0.4 is 0 Å². The molecule has 0 bridgehead atoms. The van der Waals surface area contributed by atoms with Gasteiger partial charge < -0.3 is 4.74 Å². The highest BCUT2D eigenvalue weighted by molar-refractivity contribution is 8.14. The first-order valence-electron chi connectivity index (χ1n) is 5.34. The van der Waals surface area contributed by atoms with Gasteiger partial charge in [-0.25, -0.2) is 0 Å². The summed E-state index contributed by atoms with van der Waals surface area (Å²) in [6.45, 7) is 3.68. The number of unbranched alkanes of at least 4 members (excludes halogenated alkanes) is 1. The van der Waals surface area contributed by atoms with E-state index in [1.165, 1.54) is 18.9 Å². The standard InChI is InChI=1S/C11H20O3S/c1-4-10(15-9(2)12)7-5-6-8-11(13)14-3/h10H,4-8H2,1-3H3. The van der Waals surface area contributed by atoms with E-state index in [2.05, 4.69) is 11.7 Å². The molecule has 0 aliphatic carbocycles. The Morgan fingerprint density at radius 1 is 1.33 bits per heavy atom. The lowest BCUT2D eigenvalue weighted by Crippen LogP contribution is -2.05. The molecule has 15 heavy (non-hydrogen) atoms. The van der Waals surface area contributed by atoms with E-state index >= 15 is 0 Å². The summed E-state index contributed by atoms with van der Waals surface area (Å²) in [5.74, 6) is -0.151. The van der Waals surface area contributed by atoms with Crippen LogP contribution in [-0.2, 0) is 14.3 Å². The van der Waals surface area contributed by atoms with Crippen molar-refractivity contribution in [1.29, 1.82) is 0 Å². The van der Waals surface area contributed by atoms with Gasteiger partial charge in [0.2, 0.25) is 0 Å². The first-order chi connectivity index (χ1) is 7.10. The summed E-state index contributed by atoms with van der Waals surface area (Å²) in [6.07, 6.45) is 4.31. The van der Waals surface area contributed by atoms with E-state index in [-0.39, 0.29) is 11.1 Å².